The standard InChI is InChI=1S/C5H11NO3S/c6-5(8)4-3(7)2(10)1-9-4/h2-5,7-8,10H,1,6H2/t2-,3+,4+,5?/m1/s1. The summed E-state index contributed by atoms with van der Waals surface area (Å²) in [6, 6.07) is 0. The van der Waals surface area contributed by atoms with Gasteiger partial charge in [-0.3, -0.25) is 0 Å². The van der Waals surface area contributed by atoms with Crippen LogP contribution in [0.3, 0.4) is 0 Å². The highest BCUT2D eigenvalue weighted by Gasteiger charge is 2.36. The molecule has 0 aromatic carbocycles. The second-order valence-electron chi connectivity index (χ2n) is 2.35. The molecule has 0 spiro atoms. The number of hydrogen-bond acceptors (Lipinski definition) is 5. The van der Waals surface area contributed by atoms with E-state index in [0.717, 1.165) is 0 Å². The minimum atomic E-state index is -1.12. The number of aliphatic hydroxyl groups excluding tert-OH is 2. The lowest BCUT2D eigenvalue weighted by atomic mass is 10.2. The van der Waals surface area contributed by atoms with Crippen molar-refractivity contribution >= 4 is 12.6 Å². The average molecular weight is 165 g/mol. The Morgan fingerprint density at radius 1 is 1.70 bits per heavy atom. The van der Waals surface area contributed by atoms with Crippen molar-refractivity contribution in [1.82, 2.24) is 0 Å². The third-order valence-corrected chi connectivity index (χ3v) is 1.98. The van der Waals surface area contributed by atoms with Gasteiger partial charge in [0.15, 0.2) is 0 Å². The Morgan fingerprint density at radius 3 is 2.50 bits per heavy atom. The molecule has 0 aliphatic carbocycles. The number of nitrogens with two attached hydrogens (primary N) is 1. The van der Waals surface area contributed by atoms with Gasteiger partial charge in [0, 0.05) is 0 Å². The first-order valence-corrected chi connectivity index (χ1v) is 3.56. The number of hydrogen-bond donors (Lipinski definition) is 4. The second-order valence-corrected chi connectivity index (χ2v) is 3.01. The molecule has 0 amide bonds. The van der Waals surface area contributed by atoms with Gasteiger partial charge in [-0.1, -0.05) is 0 Å². The van der Waals surface area contributed by atoms with Gasteiger partial charge < -0.3 is 20.7 Å². The van der Waals surface area contributed by atoms with Crippen LogP contribution >= 0.6 is 12.6 Å². The first-order chi connectivity index (χ1) is 4.63. The zero-order valence-electron chi connectivity index (χ0n) is 5.34. The Labute approximate surface area is 64.4 Å². The molecule has 0 aromatic rings. The second kappa shape index (κ2) is 3.06. The van der Waals surface area contributed by atoms with Gasteiger partial charge in [-0.05, 0) is 0 Å². The maximum atomic E-state index is 9.19. The van der Waals surface area contributed by atoms with Crippen molar-refractivity contribution in [2.45, 2.75) is 23.7 Å². The Hall–Kier alpha value is 0.190. The van der Waals surface area contributed by atoms with Crippen LogP contribution in [0, 0.1) is 0 Å². The topological polar surface area (TPSA) is 75.7 Å². The van der Waals surface area contributed by atoms with Gasteiger partial charge in [-0.15, -0.1) is 0 Å². The molecule has 0 aromatic heterocycles. The molecule has 1 unspecified atom stereocenters. The molecule has 1 fully saturated rings. The summed E-state index contributed by atoms with van der Waals surface area (Å²) >= 11 is 4.00. The zero-order valence-corrected chi connectivity index (χ0v) is 6.24. The van der Waals surface area contributed by atoms with Crippen LogP contribution in [-0.4, -0.2) is 40.5 Å². The lowest BCUT2D eigenvalue weighted by Gasteiger charge is -2.16. The summed E-state index contributed by atoms with van der Waals surface area (Å²) in [6.45, 7) is 0.337. The van der Waals surface area contributed by atoms with Crippen LogP contribution in [0.15, 0.2) is 0 Å². The maximum absolute atomic E-state index is 9.19. The molecule has 0 radical (unpaired) electrons. The molecule has 0 saturated carbocycles. The van der Waals surface area contributed by atoms with Gasteiger partial charge in [0.05, 0.1) is 18.0 Å². The van der Waals surface area contributed by atoms with Crippen LogP contribution in [0.2, 0.25) is 0 Å². The zero-order chi connectivity index (χ0) is 7.72. The Kier molecular flexibility index (Phi) is 2.54. The summed E-state index contributed by atoms with van der Waals surface area (Å²) in [5.74, 6) is 0. The molecule has 1 heterocycles. The predicted molar refractivity (Wildman–Crippen MR) is 38.7 cm³/mol. The van der Waals surface area contributed by atoms with Crippen molar-refractivity contribution in [2.24, 2.45) is 5.73 Å². The Balaban J connectivity index is 2.49. The molecule has 10 heavy (non-hydrogen) atoms. The third kappa shape index (κ3) is 1.43. The van der Waals surface area contributed by atoms with Crippen LogP contribution in [0.4, 0.5) is 0 Å². The van der Waals surface area contributed by atoms with Crippen molar-refractivity contribution in [2.75, 3.05) is 6.61 Å². The molecule has 0 bridgehead atoms. The van der Waals surface area contributed by atoms with Crippen molar-refractivity contribution in [1.29, 1.82) is 0 Å². The van der Waals surface area contributed by atoms with Crippen molar-refractivity contribution < 1.29 is 14.9 Å². The maximum Gasteiger partial charge on any atom is 0.131 e. The molecule has 1 aliphatic rings. The van der Waals surface area contributed by atoms with Gasteiger partial charge in [0.1, 0.15) is 12.3 Å². The fourth-order valence-corrected chi connectivity index (χ4v) is 1.18. The molecular weight excluding hydrogens is 154 g/mol. The van der Waals surface area contributed by atoms with E-state index in [9.17, 15) is 5.11 Å². The van der Waals surface area contributed by atoms with E-state index in [4.69, 9.17) is 15.6 Å². The number of aliphatic hydroxyl groups is 2. The van der Waals surface area contributed by atoms with E-state index in [1.54, 1.807) is 0 Å². The fourth-order valence-electron chi connectivity index (χ4n) is 0.926. The number of rotatable bonds is 1. The first-order valence-electron chi connectivity index (χ1n) is 3.04. The Morgan fingerprint density at radius 2 is 2.30 bits per heavy atom. The SMILES string of the molecule is NC(O)[C@H]1OC[C@@H](S)[C@@H]1O. The van der Waals surface area contributed by atoms with E-state index in [0.29, 0.717) is 6.61 Å². The van der Waals surface area contributed by atoms with Crippen molar-refractivity contribution in [3.05, 3.63) is 0 Å². The van der Waals surface area contributed by atoms with E-state index < -0.39 is 18.4 Å². The molecule has 60 valence electrons. The Bertz CT molecular complexity index is 121. The van der Waals surface area contributed by atoms with Gasteiger partial charge in [-0.25, -0.2) is 0 Å². The summed E-state index contributed by atoms with van der Waals surface area (Å²) in [7, 11) is 0. The van der Waals surface area contributed by atoms with E-state index >= 15 is 0 Å². The van der Waals surface area contributed by atoms with Crippen LogP contribution in [0.25, 0.3) is 0 Å². The minimum Gasteiger partial charge on any atom is -0.389 e. The molecule has 1 saturated heterocycles. The number of ether oxygens (including phenoxy) is 1. The van der Waals surface area contributed by atoms with Crippen LogP contribution < -0.4 is 5.73 Å². The average Bonchev–Trinajstić information content (AvgIpc) is 2.14. The minimum absolute atomic E-state index is 0.233. The summed E-state index contributed by atoms with van der Waals surface area (Å²) in [6.07, 6.45) is -2.56. The summed E-state index contributed by atoms with van der Waals surface area (Å²) in [5.41, 5.74) is 5.09. The largest absolute Gasteiger partial charge is 0.389 e. The lowest BCUT2D eigenvalue weighted by Crippen LogP contribution is -2.42. The third-order valence-electron chi connectivity index (χ3n) is 1.53. The van der Waals surface area contributed by atoms with Gasteiger partial charge >= 0.3 is 0 Å². The van der Waals surface area contributed by atoms with E-state index in [1.165, 1.54) is 0 Å². The predicted octanol–water partition coefficient (Wildman–Crippen LogP) is -1.68. The van der Waals surface area contributed by atoms with Crippen molar-refractivity contribution in [3.8, 4) is 0 Å². The molecule has 5 heteroatoms. The highest BCUT2D eigenvalue weighted by Crippen LogP contribution is 2.19. The molecule has 1 rings (SSSR count). The monoisotopic (exact) mass is 165 g/mol. The molecule has 1 aliphatic heterocycles. The van der Waals surface area contributed by atoms with E-state index in [-0.39, 0.29) is 5.25 Å². The summed E-state index contributed by atoms with van der Waals surface area (Å²) in [4.78, 5) is 0. The van der Waals surface area contributed by atoms with Gasteiger partial charge in [0.2, 0.25) is 0 Å². The van der Waals surface area contributed by atoms with Crippen molar-refractivity contribution in [3.63, 3.8) is 0 Å². The first kappa shape index (κ1) is 8.29. The van der Waals surface area contributed by atoms with Crippen LogP contribution in [-0.2, 0) is 4.74 Å². The summed E-state index contributed by atoms with van der Waals surface area (Å²) in [5, 5.41) is 17.8. The lowest BCUT2D eigenvalue weighted by molar-refractivity contribution is -0.0420. The van der Waals surface area contributed by atoms with E-state index in [1.807, 2.05) is 0 Å². The normalized spacial score (nSPS) is 43.8. The fraction of sp³-hybridized carbons (Fsp3) is 1.00. The van der Waals surface area contributed by atoms with Gasteiger partial charge in [0.25, 0.3) is 0 Å². The van der Waals surface area contributed by atoms with Gasteiger partial charge in [-0.2, -0.15) is 12.6 Å². The molecule has 4 nitrogen and oxygen atoms in total. The van der Waals surface area contributed by atoms with Crippen LogP contribution in [0.5, 0.6) is 0 Å². The molecule has 4 N–H and O–H groups in total. The number of thiol groups is 1. The van der Waals surface area contributed by atoms with Crippen LogP contribution in [0.1, 0.15) is 0 Å². The quantitative estimate of drug-likeness (QED) is 0.276. The molecule has 4 atom stereocenters. The smallest absolute Gasteiger partial charge is 0.131 e. The summed E-state index contributed by atoms with van der Waals surface area (Å²) < 4.78 is 4.94. The molecular formula is C5H11NO3S. The highest BCUT2D eigenvalue weighted by molar-refractivity contribution is 7.81. The highest BCUT2D eigenvalue weighted by atomic mass is 32.1. The van der Waals surface area contributed by atoms with E-state index in [2.05, 4.69) is 12.6 Å².